The number of nitrogens with zero attached hydrogens (tertiary/aromatic N) is 1. The first kappa shape index (κ1) is 11.9. The molecule has 1 aliphatic rings. The highest BCUT2D eigenvalue weighted by Gasteiger charge is 2.20. The lowest BCUT2D eigenvalue weighted by Gasteiger charge is -2.26. The van der Waals surface area contributed by atoms with E-state index in [1.807, 2.05) is 6.92 Å². The van der Waals surface area contributed by atoms with E-state index in [-0.39, 0.29) is 5.91 Å². The monoisotopic (exact) mass is 235 g/mol. The molecule has 2 heterocycles. The van der Waals surface area contributed by atoms with E-state index >= 15 is 0 Å². The van der Waals surface area contributed by atoms with Gasteiger partial charge in [-0.2, -0.15) is 0 Å². The molecule has 5 heteroatoms. The molecule has 1 fully saturated rings. The van der Waals surface area contributed by atoms with Crippen LogP contribution in [0, 0.1) is 5.92 Å². The first-order valence-corrected chi connectivity index (χ1v) is 5.88. The van der Waals surface area contributed by atoms with Gasteiger partial charge in [-0.15, -0.1) is 0 Å². The van der Waals surface area contributed by atoms with E-state index in [1.165, 1.54) is 0 Å². The molecule has 5 nitrogen and oxygen atoms in total. The van der Waals surface area contributed by atoms with Crippen LogP contribution in [0.1, 0.15) is 13.3 Å². The zero-order chi connectivity index (χ0) is 12.1. The Labute approximate surface area is 101 Å². The number of aromatic nitrogens is 1. The molecule has 0 bridgehead atoms. The number of carbonyl (C=O) groups excluding carboxylic acids is 1. The van der Waals surface area contributed by atoms with Gasteiger partial charge < -0.3 is 15.4 Å². The maximum atomic E-state index is 11.7. The maximum absolute atomic E-state index is 11.7. The summed E-state index contributed by atoms with van der Waals surface area (Å²) >= 11 is 0. The first-order chi connectivity index (χ1) is 8.29. The number of hydrogen-bond donors (Lipinski definition) is 2. The number of hydrogen-bond acceptors (Lipinski definition) is 4. The number of rotatable bonds is 5. The number of anilines is 1. The topological polar surface area (TPSA) is 63.2 Å². The molecule has 2 N–H and O–H groups in total. The molecular weight excluding hydrogens is 218 g/mol. The third-order valence-corrected chi connectivity index (χ3v) is 2.67. The normalized spacial score (nSPS) is 15.1. The number of pyridine rings is 1. The lowest BCUT2D eigenvalue weighted by atomic mass is 9.99. The van der Waals surface area contributed by atoms with Crippen LogP contribution in [0.15, 0.2) is 18.3 Å². The van der Waals surface area contributed by atoms with Crippen LogP contribution in [0.3, 0.4) is 0 Å². The lowest BCUT2D eigenvalue weighted by molar-refractivity contribution is -0.117. The summed E-state index contributed by atoms with van der Waals surface area (Å²) in [6.45, 7) is 4.28. The predicted molar refractivity (Wildman–Crippen MR) is 65.0 cm³/mol. The van der Waals surface area contributed by atoms with Gasteiger partial charge in [0.1, 0.15) is 5.69 Å². The van der Waals surface area contributed by atoms with Crippen molar-refractivity contribution in [2.24, 2.45) is 5.92 Å². The van der Waals surface area contributed by atoms with Crippen molar-refractivity contribution in [3.05, 3.63) is 18.3 Å². The Morgan fingerprint density at radius 3 is 3.12 bits per heavy atom. The Bertz CT molecular complexity index is 391. The predicted octanol–water partition coefficient (Wildman–Crippen LogP) is 1.03. The van der Waals surface area contributed by atoms with Crippen molar-refractivity contribution in [3.63, 3.8) is 0 Å². The molecule has 0 saturated carbocycles. The fourth-order valence-electron chi connectivity index (χ4n) is 1.69. The lowest BCUT2D eigenvalue weighted by Crippen LogP contribution is -2.43. The molecule has 1 amide bonds. The van der Waals surface area contributed by atoms with Crippen LogP contribution in [0.25, 0.3) is 0 Å². The molecule has 0 unspecified atom stereocenters. The molecule has 0 radical (unpaired) electrons. The molecule has 1 aromatic heterocycles. The van der Waals surface area contributed by atoms with Gasteiger partial charge in [-0.25, -0.2) is 4.98 Å². The Morgan fingerprint density at radius 2 is 2.47 bits per heavy atom. The third kappa shape index (κ3) is 3.17. The second kappa shape index (κ2) is 5.63. The van der Waals surface area contributed by atoms with E-state index in [1.54, 1.807) is 18.3 Å². The highest BCUT2D eigenvalue weighted by molar-refractivity contribution is 5.92. The molecule has 0 aromatic carbocycles. The van der Waals surface area contributed by atoms with Gasteiger partial charge in [-0.1, -0.05) is 0 Å². The van der Waals surface area contributed by atoms with Crippen LogP contribution in [0.4, 0.5) is 5.69 Å². The second-order valence-electron chi connectivity index (χ2n) is 4.07. The summed E-state index contributed by atoms with van der Waals surface area (Å²) in [7, 11) is 0. The van der Waals surface area contributed by atoms with Gasteiger partial charge in [-0.05, 0) is 38.1 Å². The van der Waals surface area contributed by atoms with E-state index < -0.39 is 0 Å². The number of amides is 1. The van der Waals surface area contributed by atoms with Crippen molar-refractivity contribution in [1.29, 1.82) is 0 Å². The van der Waals surface area contributed by atoms with Crippen molar-refractivity contribution in [2.75, 3.05) is 25.0 Å². The molecule has 0 spiro atoms. The van der Waals surface area contributed by atoms with Crippen LogP contribution in [0.5, 0.6) is 5.88 Å². The minimum absolute atomic E-state index is 0.0189. The zero-order valence-corrected chi connectivity index (χ0v) is 9.90. The summed E-state index contributed by atoms with van der Waals surface area (Å²) < 4.78 is 5.34. The highest BCUT2D eigenvalue weighted by Crippen LogP contribution is 2.21. The number of carbonyl (C=O) groups is 1. The molecule has 1 aliphatic heterocycles. The van der Waals surface area contributed by atoms with Crippen molar-refractivity contribution in [1.82, 2.24) is 10.3 Å². The molecule has 0 atom stereocenters. The smallest absolute Gasteiger partial charge is 0.237 e. The molecule has 0 aliphatic carbocycles. The average Bonchev–Trinajstić information content (AvgIpc) is 2.27. The van der Waals surface area contributed by atoms with E-state index in [4.69, 9.17) is 4.74 Å². The Balaban J connectivity index is 1.94. The maximum Gasteiger partial charge on any atom is 0.237 e. The van der Waals surface area contributed by atoms with Crippen LogP contribution in [-0.4, -0.2) is 30.6 Å². The summed E-state index contributed by atoms with van der Waals surface area (Å²) in [4.78, 5) is 15.8. The summed E-state index contributed by atoms with van der Waals surface area (Å²) in [6, 6.07) is 3.58. The average molecular weight is 235 g/mol. The molecular formula is C12H17N3O2. The quantitative estimate of drug-likeness (QED) is 0.800. The second-order valence-corrected chi connectivity index (χ2v) is 4.07. The molecule has 1 saturated heterocycles. The van der Waals surface area contributed by atoms with Crippen LogP contribution < -0.4 is 15.4 Å². The highest BCUT2D eigenvalue weighted by atomic mass is 16.5. The first-order valence-electron chi connectivity index (χ1n) is 5.88. The standard InChI is InChI=1S/C12H17N3O2/c1-2-17-12-10(4-3-5-14-12)15-11(16)6-9-7-13-8-9/h3-5,9,13H,2,6-8H2,1H3,(H,15,16). The van der Waals surface area contributed by atoms with Crippen molar-refractivity contribution in [3.8, 4) is 5.88 Å². The summed E-state index contributed by atoms with van der Waals surface area (Å²) in [5, 5.41) is 5.99. The summed E-state index contributed by atoms with van der Waals surface area (Å²) in [5.74, 6) is 0.961. The van der Waals surface area contributed by atoms with Gasteiger partial charge in [0.25, 0.3) is 0 Å². The summed E-state index contributed by atoms with van der Waals surface area (Å²) in [6.07, 6.45) is 2.20. The fourth-order valence-corrected chi connectivity index (χ4v) is 1.69. The SMILES string of the molecule is CCOc1ncccc1NC(=O)CC1CNC1. The Hall–Kier alpha value is -1.62. The van der Waals surface area contributed by atoms with Gasteiger partial charge in [-0.3, -0.25) is 4.79 Å². The van der Waals surface area contributed by atoms with Gasteiger partial charge in [0.15, 0.2) is 0 Å². The van der Waals surface area contributed by atoms with Gasteiger partial charge in [0.05, 0.1) is 6.61 Å². The van der Waals surface area contributed by atoms with E-state index in [0.717, 1.165) is 13.1 Å². The van der Waals surface area contributed by atoms with E-state index in [2.05, 4.69) is 15.6 Å². The Morgan fingerprint density at radius 1 is 1.65 bits per heavy atom. The molecule has 2 rings (SSSR count). The zero-order valence-electron chi connectivity index (χ0n) is 9.90. The minimum atomic E-state index is 0.0189. The molecule has 17 heavy (non-hydrogen) atoms. The minimum Gasteiger partial charge on any atom is -0.476 e. The van der Waals surface area contributed by atoms with Crippen molar-refractivity contribution < 1.29 is 9.53 Å². The van der Waals surface area contributed by atoms with Gasteiger partial charge in [0.2, 0.25) is 11.8 Å². The molecule has 1 aromatic rings. The Kier molecular flexibility index (Phi) is 3.93. The van der Waals surface area contributed by atoms with Crippen LogP contribution in [0.2, 0.25) is 0 Å². The third-order valence-electron chi connectivity index (χ3n) is 2.67. The van der Waals surface area contributed by atoms with Crippen molar-refractivity contribution >= 4 is 11.6 Å². The van der Waals surface area contributed by atoms with Crippen LogP contribution >= 0.6 is 0 Å². The number of ether oxygens (including phenoxy) is 1. The largest absolute Gasteiger partial charge is 0.476 e. The van der Waals surface area contributed by atoms with Crippen molar-refractivity contribution in [2.45, 2.75) is 13.3 Å². The summed E-state index contributed by atoms with van der Waals surface area (Å²) in [5.41, 5.74) is 0.645. The van der Waals surface area contributed by atoms with E-state index in [0.29, 0.717) is 30.5 Å². The van der Waals surface area contributed by atoms with Gasteiger partial charge in [0, 0.05) is 12.6 Å². The fraction of sp³-hybridized carbons (Fsp3) is 0.500. The molecule has 92 valence electrons. The van der Waals surface area contributed by atoms with E-state index in [9.17, 15) is 4.79 Å². The van der Waals surface area contributed by atoms with Gasteiger partial charge >= 0.3 is 0 Å². The number of nitrogens with one attached hydrogen (secondary N) is 2. The van der Waals surface area contributed by atoms with Crippen LogP contribution in [-0.2, 0) is 4.79 Å².